The molecule has 2 aliphatic heterocycles. The molecule has 2 saturated heterocycles. The summed E-state index contributed by atoms with van der Waals surface area (Å²) in [7, 11) is 0. The number of aliphatic hydroxyl groups is 8. The lowest BCUT2D eigenvalue weighted by atomic mass is 9.97. The van der Waals surface area contributed by atoms with E-state index >= 15 is 0 Å². The Morgan fingerprint density at radius 1 is 0.407 bits per heavy atom. The number of unbranched alkanes of at least 4 members (excludes halogenated alkanes) is 30. The molecule has 12 unspecified atom stereocenters. The molecule has 9 N–H and O–H groups in total. The van der Waals surface area contributed by atoms with Crippen molar-refractivity contribution in [3.05, 3.63) is 109 Å². The molecular formula is C77H133NO13. The van der Waals surface area contributed by atoms with E-state index in [4.69, 9.17) is 18.9 Å². The first kappa shape index (κ1) is 83.7. The Morgan fingerprint density at radius 3 is 1.16 bits per heavy atom. The summed E-state index contributed by atoms with van der Waals surface area (Å²) in [6.07, 6.45) is 70.1. The fraction of sp³-hybridized carbons (Fsp3) is 0.753. The summed E-state index contributed by atoms with van der Waals surface area (Å²) >= 11 is 0. The third-order valence-corrected chi connectivity index (χ3v) is 17.2. The minimum absolute atomic E-state index is 0.240. The number of carbonyl (C=O) groups excluding carboxylic acids is 1. The molecule has 0 aromatic carbocycles. The van der Waals surface area contributed by atoms with Crippen LogP contribution in [0.25, 0.3) is 0 Å². The third-order valence-electron chi connectivity index (χ3n) is 17.2. The molecule has 14 nitrogen and oxygen atoms in total. The fourth-order valence-corrected chi connectivity index (χ4v) is 11.4. The zero-order valence-corrected chi connectivity index (χ0v) is 57.1. The highest BCUT2D eigenvalue weighted by atomic mass is 16.7. The van der Waals surface area contributed by atoms with Crippen LogP contribution in [0.15, 0.2) is 109 Å². The first-order valence-electron chi connectivity index (χ1n) is 36.6. The predicted molar refractivity (Wildman–Crippen MR) is 373 cm³/mol. The van der Waals surface area contributed by atoms with Crippen LogP contribution in [0, 0.1) is 0 Å². The summed E-state index contributed by atoms with van der Waals surface area (Å²) < 4.78 is 22.8. The number of amides is 1. The van der Waals surface area contributed by atoms with Crippen molar-refractivity contribution in [1.82, 2.24) is 5.32 Å². The van der Waals surface area contributed by atoms with Gasteiger partial charge in [0.2, 0.25) is 5.91 Å². The molecule has 2 fully saturated rings. The van der Waals surface area contributed by atoms with Gasteiger partial charge in [0.15, 0.2) is 12.6 Å². The number of rotatable bonds is 59. The van der Waals surface area contributed by atoms with Gasteiger partial charge in [-0.2, -0.15) is 0 Å². The highest BCUT2D eigenvalue weighted by molar-refractivity contribution is 5.76. The highest BCUT2D eigenvalue weighted by Gasteiger charge is 2.51. The van der Waals surface area contributed by atoms with Crippen LogP contribution in [0.3, 0.4) is 0 Å². The SMILES string of the molecule is CC/C=C\C/C=C\C/C=C\C/C=C\C/C=C\C/C=C\C/C=C\C/C=C\CCCCCCCCCCCCCCCCCCC(=O)NC(COC1OC(CO)C(OC2OC(CO)C(O)C(O)C2O)C(O)C1O)C(O)/C=C/CCCCCCCCCCCCCCCC. The minimum atomic E-state index is -1.79. The van der Waals surface area contributed by atoms with Gasteiger partial charge in [-0.25, -0.2) is 0 Å². The van der Waals surface area contributed by atoms with Gasteiger partial charge in [0.1, 0.15) is 48.8 Å². The first-order valence-corrected chi connectivity index (χ1v) is 36.6. The zero-order valence-electron chi connectivity index (χ0n) is 57.1. The maximum atomic E-state index is 13.3. The summed E-state index contributed by atoms with van der Waals surface area (Å²) in [5, 5.41) is 87.4. The fourth-order valence-electron chi connectivity index (χ4n) is 11.4. The van der Waals surface area contributed by atoms with Crippen molar-refractivity contribution in [3.63, 3.8) is 0 Å². The van der Waals surface area contributed by atoms with Crippen molar-refractivity contribution in [2.24, 2.45) is 0 Å². The van der Waals surface area contributed by atoms with Gasteiger partial charge in [0.25, 0.3) is 0 Å². The first-order chi connectivity index (χ1) is 44.6. The van der Waals surface area contributed by atoms with Gasteiger partial charge in [0.05, 0.1) is 32.0 Å². The van der Waals surface area contributed by atoms with E-state index in [1.54, 1.807) is 6.08 Å². The van der Waals surface area contributed by atoms with Crippen molar-refractivity contribution in [1.29, 1.82) is 0 Å². The van der Waals surface area contributed by atoms with Gasteiger partial charge in [0, 0.05) is 6.42 Å². The van der Waals surface area contributed by atoms with E-state index in [1.807, 2.05) is 6.08 Å². The summed E-state index contributed by atoms with van der Waals surface area (Å²) in [6, 6.07) is -0.919. The molecule has 12 atom stereocenters. The number of hydrogen-bond donors (Lipinski definition) is 9. The number of aliphatic hydroxyl groups excluding tert-OH is 8. The second-order valence-corrected chi connectivity index (χ2v) is 25.3. The number of nitrogens with one attached hydrogen (secondary N) is 1. The molecular weight excluding hydrogens is 1150 g/mol. The summed E-state index contributed by atoms with van der Waals surface area (Å²) in [6.45, 7) is 2.70. The van der Waals surface area contributed by atoms with Crippen molar-refractivity contribution in [3.8, 4) is 0 Å². The average Bonchev–Trinajstić information content (AvgIpc) is 1.24. The van der Waals surface area contributed by atoms with Crippen molar-refractivity contribution in [2.75, 3.05) is 19.8 Å². The Balaban J connectivity index is 1.58. The summed E-state index contributed by atoms with van der Waals surface area (Å²) in [5.74, 6) is -0.240. The molecule has 0 saturated carbocycles. The lowest BCUT2D eigenvalue weighted by molar-refractivity contribution is -0.359. The molecule has 1 amide bonds. The van der Waals surface area contributed by atoms with Gasteiger partial charge in [-0.1, -0.05) is 297 Å². The van der Waals surface area contributed by atoms with Crippen molar-refractivity contribution >= 4 is 5.91 Å². The molecule has 0 bridgehead atoms. The molecule has 0 radical (unpaired) electrons. The van der Waals surface area contributed by atoms with Gasteiger partial charge in [-0.05, 0) is 83.5 Å². The number of allylic oxidation sites excluding steroid dienone is 17. The van der Waals surface area contributed by atoms with Gasteiger partial charge >= 0.3 is 0 Å². The van der Waals surface area contributed by atoms with E-state index in [-0.39, 0.29) is 18.9 Å². The minimum Gasteiger partial charge on any atom is -0.394 e. The van der Waals surface area contributed by atoms with E-state index in [2.05, 4.69) is 116 Å². The predicted octanol–water partition coefficient (Wildman–Crippen LogP) is 15.5. The van der Waals surface area contributed by atoms with E-state index in [0.29, 0.717) is 6.42 Å². The van der Waals surface area contributed by atoms with Crippen LogP contribution in [0.1, 0.15) is 277 Å². The van der Waals surface area contributed by atoms with E-state index in [9.17, 15) is 45.6 Å². The van der Waals surface area contributed by atoms with E-state index in [0.717, 1.165) is 89.9 Å². The molecule has 524 valence electrons. The van der Waals surface area contributed by atoms with Gasteiger partial charge in [-0.3, -0.25) is 4.79 Å². The van der Waals surface area contributed by atoms with Crippen LogP contribution in [0.2, 0.25) is 0 Å². The van der Waals surface area contributed by atoms with E-state index < -0.39 is 86.8 Å². The quantitative estimate of drug-likeness (QED) is 0.0204. The Labute approximate surface area is 553 Å². The normalized spacial score (nSPS) is 23.5. The van der Waals surface area contributed by atoms with Crippen LogP contribution in [0.4, 0.5) is 0 Å². The van der Waals surface area contributed by atoms with Crippen LogP contribution in [0.5, 0.6) is 0 Å². The van der Waals surface area contributed by atoms with Gasteiger partial charge in [-0.15, -0.1) is 0 Å². The average molecular weight is 1280 g/mol. The Morgan fingerprint density at radius 2 is 0.758 bits per heavy atom. The maximum Gasteiger partial charge on any atom is 0.220 e. The zero-order chi connectivity index (χ0) is 65.9. The van der Waals surface area contributed by atoms with Crippen molar-refractivity contribution < 1.29 is 64.6 Å². The largest absolute Gasteiger partial charge is 0.394 e. The number of ether oxygens (including phenoxy) is 4. The molecule has 2 rings (SSSR count). The Bertz CT molecular complexity index is 1950. The lowest BCUT2D eigenvalue weighted by Gasteiger charge is -2.46. The van der Waals surface area contributed by atoms with Crippen LogP contribution < -0.4 is 5.32 Å². The molecule has 2 heterocycles. The standard InChI is InChI=1S/C77H133NO13/c1-3-5-7-9-11-13-15-17-19-21-22-23-24-25-26-27-28-29-30-31-32-33-34-35-36-37-38-39-40-41-42-43-44-45-47-49-51-53-55-57-59-61-69(82)78-65(66(81)60-58-56-54-52-50-48-46-20-18-16-14-12-10-8-6-4-2)64-88-76-74(87)72(85)75(68(63-80)90-76)91-77-73(86)71(84)70(83)67(62-79)89-77/h5,7,11,13,17,19,22-23,25-26,28-29,31-32,34-35,58,60,65-68,70-77,79-81,83-87H,3-4,6,8-10,12,14-16,18,20-21,24,27,30,33,36-57,59,61-64H2,1-2H3,(H,78,82)/b7-5-,13-11-,19-17-,23-22-,26-25-,29-28-,32-31-,35-34-,60-58+. The topological polar surface area (TPSA) is 228 Å². The van der Waals surface area contributed by atoms with Crippen LogP contribution in [-0.4, -0.2) is 140 Å². The van der Waals surface area contributed by atoms with Crippen LogP contribution in [-0.2, 0) is 23.7 Å². The summed E-state index contributed by atoms with van der Waals surface area (Å²) in [5.41, 5.74) is 0. The third kappa shape index (κ3) is 44.1. The number of carbonyl (C=O) groups is 1. The Hall–Kier alpha value is -3.35. The molecule has 0 aliphatic carbocycles. The lowest BCUT2D eigenvalue weighted by Crippen LogP contribution is -2.65. The summed E-state index contributed by atoms with van der Waals surface area (Å²) in [4.78, 5) is 13.3. The smallest absolute Gasteiger partial charge is 0.220 e. The second-order valence-electron chi connectivity index (χ2n) is 25.3. The Kier molecular flexibility index (Phi) is 55.5. The second kappa shape index (κ2) is 60.3. The maximum absolute atomic E-state index is 13.3. The molecule has 14 heteroatoms. The highest BCUT2D eigenvalue weighted by Crippen LogP contribution is 2.30. The van der Waals surface area contributed by atoms with Gasteiger partial charge < -0.3 is 65.1 Å². The molecule has 2 aliphatic rings. The van der Waals surface area contributed by atoms with E-state index in [1.165, 1.54) is 161 Å². The number of hydrogen-bond acceptors (Lipinski definition) is 13. The molecule has 0 spiro atoms. The molecule has 0 aromatic heterocycles. The van der Waals surface area contributed by atoms with Crippen LogP contribution >= 0.6 is 0 Å². The van der Waals surface area contributed by atoms with Crippen molar-refractivity contribution in [2.45, 2.75) is 351 Å². The molecule has 91 heavy (non-hydrogen) atoms. The molecule has 0 aromatic rings. The monoisotopic (exact) mass is 1280 g/mol.